The number of aliphatic hydroxyl groups is 1. The van der Waals surface area contributed by atoms with Crippen molar-refractivity contribution in [3.63, 3.8) is 0 Å². The lowest BCUT2D eigenvalue weighted by Crippen LogP contribution is -2.33. The molecule has 3 N–H and O–H groups in total. The van der Waals surface area contributed by atoms with Crippen molar-refractivity contribution in [1.82, 2.24) is 0 Å². The number of methoxy groups -OCH3 is 2. The van der Waals surface area contributed by atoms with E-state index in [1.807, 2.05) is 0 Å². The smallest absolute Gasteiger partial charge is 0.160 e. The number of aliphatic hydroxyl groups excluding tert-OH is 1. The van der Waals surface area contributed by atoms with Crippen molar-refractivity contribution < 1.29 is 29.6 Å². The highest BCUT2D eigenvalue weighted by molar-refractivity contribution is 5.61. The molecular formula is C20H22O6. The van der Waals surface area contributed by atoms with Crippen LogP contribution in [0.4, 0.5) is 0 Å². The molecule has 0 aliphatic heterocycles. The second kappa shape index (κ2) is 7.25. The molecule has 0 radical (unpaired) electrons. The zero-order chi connectivity index (χ0) is 18.8. The summed E-state index contributed by atoms with van der Waals surface area (Å²) in [6.45, 7) is -0.177. The zero-order valence-electron chi connectivity index (χ0n) is 14.7. The summed E-state index contributed by atoms with van der Waals surface area (Å²) >= 11 is 0. The van der Waals surface area contributed by atoms with Gasteiger partial charge in [-0.05, 0) is 47.4 Å². The number of fused-ring (bicyclic) bond motifs is 1. The molecule has 2 aromatic rings. The van der Waals surface area contributed by atoms with Crippen LogP contribution in [0.1, 0.15) is 22.6 Å². The standard InChI is InChI=1S/C20H22O6/c1-25-18-6-11(3-4-16(18)23)20-14-8-17(24)19(26-2)7-12(14)5-13(9-21)15(20)10-22/h3-4,6-9,13,15,20,22-24H,5,10H2,1-2H3/t13?,15-,20-/m0/s1. The van der Waals surface area contributed by atoms with Gasteiger partial charge in [0.2, 0.25) is 0 Å². The minimum atomic E-state index is -0.369. The van der Waals surface area contributed by atoms with Gasteiger partial charge in [-0.1, -0.05) is 6.07 Å². The van der Waals surface area contributed by atoms with Crippen molar-refractivity contribution in [1.29, 1.82) is 0 Å². The molecule has 3 rings (SSSR count). The van der Waals surface area contributed by atoms with Gasteiger partial charge < -0.3 is 29.6 Å². The van der Waals surface area contributed by atoms with Gasteiger partial charge in [-0.15, -0.1) is 0 Å². The van der Waals surface area contributed by atoms with Crippen molar-refractivity contribution in [3.05, 3.63) is 47.0 Å². The van der Waals surface area contributed by atoms with Gasteiger partial charge in [0.1, 0.15) is 6.29 Å². The number of aromatic hydroxyl groups is 2. The van der Waals surface area contributed by atoms with E-state index < -0.39 is 0 Å². The lowest BCUT2D eigenvalue weighted by molar-refractivity contribution is -0.113. The summed E-state index contributed by atoms with van der Waals surface area (Å²) in [7, 11) is 2.93. The predicted molar refractivity (Wildman–Crippen MR) is 95.0 cm³/mol. The number of aldehydes is 1. The first-order chi connectivity index (χ1) is 12.5. The fourth-order valence-electron chi connectivity index (χ4n) is 3.84. The molecule has 0 aromatic heterocycles. The average molecular weight is 358 g/mol. The first-order valence-corrected chi connectivity index (χ1v) is 8.36. The van der Waals surface area contributed by atoms with Crippen LogP contribution in [0, 0.1) is 11.8 Å². The van der Waals surface area contributed by atoms with Crippen LogP contribution in [-0.4, -0.2) is 42.4 Å². The Bertz CT molecular complexity index is 816. The highest BCUT2D eigenvalue weighted by atomic mass is 16.5. The molecule has 2 aromatic carbocycles. The van der Waals surface area contributed by atoms with Crippen LogP contribution in [0.2, 0.25) is 0 Å². The second-order valence-corrected chi connectivity index (χ2v) is 6.48. The molecule has 0 saturated carbocycles. The summed E-state index contributed by atoms with van der Waals surface area (Å²) in [4.78, 5) is 11.7. The van der Waals surface area contributed by atoms with E-state index in [1.165, 1.54) is 20.3 Å². The molecular weight excluding hydrogens is 336 g/mol. The third-order valence-electron chi connectivity index (χ3n) is 5.16. The van der Waals surface area contributed by atoms with Gasteiger partial charge in [0.05, 0.1) is 14.2 Å². The molecule has 1 unspecified atom stereocenters. The number of hydrogen-bond acceptors (Lipinski definition) is 6. The number of hydrogen-bond donors (Lipinski definition) is 3. The van der Waals surface area contributed by atoms with E-state index in [0.29, 0.717) is 17.9 Å². The topological polar surface area (TPSA) is 96.2 Å². The van der Waals surface area contributed by atoms with E-state index in [2.05, 4.69) is 0 Å². The van der Waals surface area contributed by atoms with Crippen LogP contribution in [0.5, 0.6) is 23.0 Å². The number of carbonyl (C=O) groups is 1. The Labute approximate surface area is 151 Å². The lowest BCUT2D eigenvalue weighted by Gasteiger charge is -2.37. The van der Waals surface area contributed by atoms with Crippen molar-refractivity contribution in [3.8, 4) is 23.0 Å². The van der Waals surface area contributed by atoms with Gasteiger partial charge in [-0.2, -0.15) is 0 Å². The van der Waals surface area contributed by atoms with Crippen molar-refractivity contribution >= 4 is 6.29 Å². The van der Waals surface area contributed by atoms with Gasteiger partial charge in [0.25, 0.3) is 0 Å². The molecule has 0 amide bonds. The van der Waals surface area contributed by atoms with Crippen LogP contribution >= 0.6 is 0 Å². The van der Waals surface area contributed by atoms with Crippen LogP contribution in [0.15, 0.2) is 30.3 Å². The second-order valence-electron chi connectivity index (χ2n) is 6.48. The van der Waals surface area contributed by atoms with Gasteiger partial charge in [0, 0.05) is 24.4 Å². The number of rotatable bonds is 5. The molecule has 0 saturated heterocycles. The Hall–Kier alpha value is -2.73. The molecule has 1 aliphatic rings. The van der Waals surface area contributed by atoms with Gasteiger partial charge in [-0.25, -0.2) is 0 Å². The molecule has 138 valence electrons. The maximum atomic E-state index is 11.7. The third-order valence-corrected chi connectivity index (χ3v) is 5.16. The van der Waals surface area contributed by atoms with E-state index in [4.69, 9.17) is 9.47 Å². The van der Waals surface area contributed by atoms with Crippen molar-refractivity contribution in [2.45, 2.75) is 12.3 Å². The summed E-state index contributed by atoms with van der Waals surface area (Å²) < 4.78 is 10.4. The predicted octanol–water partition coefficient (Wildman–Crippen LogP) is 2.23. The molecule has 6 nitrogen and oxygen atoms in total. The Morgan fingerprint density at radius 3 is 2.38 bits per heavy atom. The Morgan fingerprint density at radius 1 is 1.08 bits per heavy atom. The minimum Gasteiger partial charge on any atom is -0.504 e. The summed E-state index contributed by atoms with van der Waals surface area (Å²) in [6.07, 6.45) is 1.33. The summed E-state index contributed by atoms with van der Waals surface area (Å²) in [6, 6.07) is 8.32. The monoisotopic (exact) mass is 358 g/mol. The van der Waals surface area contributed by atoms with Crippen LogP contribution in [0.25, 0.3) is 0 Å². The quantitative estimate of drug-likeness (QED) is 0.710. The third kappa shape index (κ3) is 2.97. The summed E-state index contributed by atoms with van der Waals surface area (Å²) in [5, 5.41) is 30.1. The maximum Gasteiger partial charge on any atom is 0.160 e. The number of phenols is 2. The fraction of sp³-hybridized carbons (Fsp3) is 0.350. The Balaban J connectivity index is 2.20. The summed E-state index contributed by atoms with van der Waals surface area (Å²) in [5.74, 6) is -0.371. The van der Waals surface area contributed by atoms with Crippen molar-refractivity contribution in [2.75, 3.05) is 20.8 Å². The highest BCUT2D eigenvalue weighted by Gasteiger charge is 2.38. The van der Waals surface area contributed by atoms with Crippen LogP contribution < -0.4 is 9.47 Å². The molecule has 0 heterocycles. The van der Waals surface area contributed by atoms with E-state index in [9.17, 15) is 20.1 Å². The average Bonchev–Trinajstić information content (AvgIpc) is 2.66. The highest BCUT2D eigenvalue weighted by Crippen LogP contribution is 2.47. The van der Waals surface area contributed by atoms with E-state index >= 15 is 0 Å². The number of phenolic OH excluding ortho intramolecular Hbond substituents is 2. The minimum absolute atomic E-state index is 0.00300. The normalized spacial score (nSPS) is 21.7. The van der Waals surface area contributed by atoms with Gasteiger partial charge >= 0.3 is 0 Å². The molecule has 0 spiro atoms. The molecule has 1 aliphatic carbocycles. The SMILES string of the molecule is COc1cc([C@H]2c3cc(O)c(OC)cc3CC(C=O)[C@@H]2CO)ccc1O. The zero-order valence-corrected chi connectivity index (χ0v) is 14.7. The first-order valence-electron chi connectivity index (χ1n) is 8.36. The number of ether oxygens (including phenoxy) is 2. The number of carbonyl (C=O) groups excluding carboxylic acids is 1. The molecule has 0 fully saturated rings. The Kier molecular flexibility index (Phi) is 5.04. The van der Waals surface area contributed by atoms with Gasteiger partial charge in [0.15, 0.2) is 23.0 Å². The number of benzene rings is 2. The lowest BCUT2D eigenvalue weighted by atomic mass is 9.67. The molecule has 6 heteroatoms. The fourth-order valence-corrected chi connectivity index (χ4v) is 3.84. The largest absolute Gasteiger partial charge is 0.504 e. The van der Waals surface area contributed by atoms with Crippen molar-refractivity contribution in [2.24, 2.45) is 11.8 Å². The first kappa shape index (κ1) is 18.1. The van der Waals surface area contributed by atoms with E-state index in [0.717, 1.165) is 23.0 Å². The van der Waals surface area contributed by atoms with E-state index in [1.54, 1.807) is 24.3 Å². The van der Waals surface area contributed by atoms with Gasteiger partial charge in [-0.3, -0.25) is 0 Å². The molecule has 26 heavy (non-hydrogen) atoms. The van der Waals surface area contributed by atoms with E-state index in [-0.39, 0.29) is 35.9 Å². The molecule has 0 bridgehead atoms. The maximum absolute atomic E-state index is 11.7. The summed E-state index contributed by atoms with van der Waals surface area (Å²) in [5.41, 5.74) is 2.50. The molecule has 3 atom stereocenters. The Morgan fingerprint density at radius 2 is 1.77 bits per heavy atom. The van der Waals surface area contributed by atoms with Crippen LogP contribution in [-0.2, 0) is 11.2 Å². The van der Waals surface area contributed by atoms with Crippen LogP contribution in [0.3, 0.4) is 0 Å².